The highest BCUT2D eigenvalue weighted by molar-refractivity contribution is 5.75. The van der Waals surface area contributed by atoms with Gasteiger partial charge in [-0.05, 0) is 50.2 Å². The number of hydrogen-bond acceptors (Lipinski definition) is 2. The first-order chi connectivity index (χ1) is 8.99. The Hall–Kier alpha value is -1.45. The van der Waals surface area contributed by atoms with Gasteiger partial charge in [0.05, 0.1) is 5.92 Å². The second-order valence-electron chi connectivity index (χ2n) is 5.39. The zero-order valence-corrected chi connectivity index (χ0v) is 11.2. The second kappa shape index (κ2) is 6.82. The normalized spacial score (nSPS) is 22.0. The summed E-state index contributed by atoms with van der Waals surface area (Å²) in [6.45, 7) is 3.61. The van der Waals surface area contributed by atoms with Gasteiger partial charge in [-0.2, -0.15) is 4.39 Å². The van der Waals surface area contributed by atoms with Crippen molar-refractivity contribution in [2.45, 2.75) is 47.0 Å². The van der Waals surface area contributed by atoms with E-state index in [1.54, 1.807) is 0 Å². The van der Waals surface area contributed by atoms with E-state index in [0.29, 0.717) is 5.92 Å². The Bertz CT molecular complexity index is 483. The maximum Gasteiger partial charge on any atom is 0.314 e. The topological polar surface area (TPSA) is 26.3 Å². The monoisotopic (exact) mass is 286 g/mol. The Labute approximate surface area is 120 Å². The van der Waals surface area contributed by atoms with Crippen LogP contribution < -0.4 is 4.74 Å². The molecule has 1 fully saturated rings. The van der Waals surface area contributed by atoms with Crippen LogP contribution in [0.5, 0.6) is 5.75 Å². The predicted molar refractivity (Wildman–Crippen MR) is 76.7 cm³/mol. The predicted octanol–water partition coefficient (Wildman–Crippen LogP) is 4.89. The second-order valence-corrected chi connectivity index (χ2v) is 5.39. The van der Waals surface area contributed by atoms with Crippen molar-refractivity contribution in [1.29, 1.82) is 0 Å². The molecule has 0 bridgehead atoms. The van der Waals surface area contributed by atoms with Crippen LogP contribution in [0.1, 0.15) is 47.0 Å². The smallest absolute Gasteiger partial charge is 0.314 e. The molecule has 0 spiro atoms. The third kappa shape index (κ3) is 3.56. The van der Waals surface area contributed by atoms with E-state index in [0.717, 1.165) is 25.7 Å². The summed E-state index contributed by atoms with van der Waals surface area (Å²) in [5.41, 5.74) is 0.198. The fourth-order valence-corrected chi connectivity index (χ4v) is 2.39. The highest BCUT2D eigenvalue weighted by atomic mass is 19.2. The summed E-state index contributed by atoms with van der Waals surface area (Å²) in [5.74, 6) is -2.38. The molecule has 0 unspecified atom stereocenters. The van der Waals surface area contributed by atoms with E-state index in [-0.39, 0.29) is 26.1 Å². The highest BCUT2D eigenvalue weighted by Gasteiger charge is 2.27. The molecule has 4 heteroatoms. The zero-order valence-electron chi connectivity index (χ0n) is 11.2. The van der Waals surface area contributed by atoms with Crippen molar-refractivity contribution in [3.8, 4) is 5.75 Å². The first-order valence-electron chi connectivity index (χ1n) is 6.65. The van der Waals surface area contributed by atoms with Gasteiger partial charge in [0.1, 0.15) is 0 Å². The zero-order chi connectivity index (χ0) is 14.0. The quantitative estimate of drug-likeness (QED) is 0.571. The standard InChI is InChI=1S/C15H18F2O2.CH4.H2/c1-9-3-6-11(7-4-9)15(18)19-12-8-5-10(2)13(16)14(12)17;;/h5,8-9,11H,3-4,6-7H2,1-2H3;1H4;1H. The molecule has 0 saturated heterocycles. The maximum absolute atomic E-state index is 13.6. The van der Waals surface area contributed by atoms with Crippen molar-refractivity contribution < 1.29 is 19.7 Å². The Balaban J connectivity index is 0.00000200. The van der Waals surface area contributed by atoms with E-state index in [2.05, 4.69) is 6.92 Å². The lowest BCUT2D eigenvalue weighted by Crippen LogP contribution is -2.25. The van der Waals surface area contributed by atoms with Crippen LogP contribution in [0.25, 0.3) is 0 Å². The first-order valence-corrected chi connectivity index (χ1v) is 6.65. The molecule has 20 heavy (non-hydrogen) atoms. The minimum absolute atomic E-state index is 0. The lowest BCUT2D eigenvalue weighted by Gasteiger charge is -2.24. The van der Waals surface area contributed by atoms with Crippen molar-refractivity contribution in [2.75, 3.05) is 0 Å². The molecule has 0 heterocycles. The van der Waals surface area contributed by atoms with Crippen molar-refractivity contribution in [1.82, 2.24) is 0 Å². The van der Waals surface area contributed by atoms with Crippen LogP contribution in [0, 0.1) is 30.4 Å². The molecule has 114 valence electrons. The minimum atomic E-state index is -1.09. The molecule has 1 aliphatic carbocycles. The number of carbonyl (C=O) groups excluding carboxylic acids is 1. The fourth-order valence-electron chi connectivity index (χ4n) is 2.39. The van der Waals surface area contributed by atoms with E-state index in [1.165, 1.54) is 19.1 Å². The lowest BCUT2D eigenvalue weighted by atomic mass is 9.83. The van der Waals surface area contributed by atoms with Crippen molar-refractivity contribution in [3.05, 3.63) is 29.3 Å². The molecule has 0 N–H and O–H groups in total. The van der Waals surface area contributed by atoms with Crippen LogP contribution >= 0.6 is 0 Å². The third-order valence-electron chi connectivity index (χ3n) is 3.80. The van der Waals surface area contributed by atoms with E-state index in [4.69, 9.17) is 4.74 Å². The van der Waals surface area contributed by atoms with Crippen molar-refractivity contribution in [2.24, 2.45) is 11.8 Å². The Morgan fingerprint density at radius 2 is 1.80 bits per heavy atom. The molecule has 0 amide bonds. The summed E-state index contributed by atoms with van der Waals surface area (Å²) in [6, 6.07) is 2.71. The van der Waals surface area contributed by atoms with Crippen LogP contribution in [0.3, 0.4) is 0 Å². The van der Waals surface area contributed by atoms with E-state index >= 15 is 0 Å². The molecular weight excluding hydrogens is 262 g/mol. The third-order valence-corrected chi connectivity index (χ3v) is 3.80. The molecule has 1 aromatic rings. The number of rotatable bonds is 2. The molecule has 0 atom stereocenters. The molecule has 1 aliphatic rings. The van der Waals surface area contributed by atoms with Gasteiger partial charge < -0.3 is 4.74 Å². The molecule has 0 radical (unpaired) electrons. The maximum atomic E-state index is 13.6. The molecular formula is C16H24F2O2. The van der Waals surface area contributed by atoms with Crippen molar-refractivity contribution >= 4 is 5.97 Å². The van der Waals surface area contributed by atoms with Crippen LogP contribution in [0.2, 0.25) is 0 Å². The number of ether oxygens (including phenoxy) is 1. The van der Waals surface area contributed by atoms with E-state index in [9.17, 15) is 13.6 Å². The summed E-state index contributed by atoms with van der Waals surface area (Å²) in [5, 5.41) is 0. The summed E-state index contributed by atoms with van der Waals surface area (Å²) >= 11 is 0. The van der Waals surface area contributed by atoms with Crippen LogP contribution in [-0.2, 0) is 4.79 Å². The van der Waals surface area contributed by atoms with Gasteiger partial charge in [0.2, 0.25) is 5.82 Å². The number of aryl methyl sites for hydroxylation is 1. The Morgan fingerprint density at radius 3 is 2.40 bits per heavy atom. The van der Waals surface area contributed by atoms with Crippen LogP contribution in [-0.4, -0.2) is 5.97 Å². The minimum Gasteiger partial charge on any atom is -0.423 e. The van der Waals surface area contributed by atoms with Gasteiger partial charge in [0.15, 0.2) is 11.6 Å². The van der Waals surface area contributed by atoms with E-state index < -0.39 is 17.6 Å². The average molecular weight is 286 g/mol. The Kier molecular flexibility index (Phi) is 5.66. The highest BCUT2D eigenvalue weighted by Crippen LogP contribution is 2.30. The average Bonchev–Trinajstić information content (AvgIpc) is 2.40. The van der Waals surface area contributed by atoms with Gasteiger partial charge >= 0.3 is 5.97 Å². The largest absolute Gasteiger partial charge is 0.423 e. The van der Waals surface area contributed by atoms with Gasteiger partial charge in [-0.1, -0.05) is 20.4 Å². The number of benzene rings is 1. The van der Waals surface area contributed by atoms with Crippen molar-refractivity contribution in [3.63, 3.8) is 0 Å². The number of hydrogen-bond donors (Lipinski definition) is 0. The molecule has 0 aromatic heterocycles. The number of halogens is 2. The van der Waals surface area contributed by atoms with Gasteiger partial charge in [-0.15, -0.1) is 0 Å². The van der Waals surface area contributed by atoms with E-state index in [1.807, 2.05) is 0 Å². The molecule has 1 aromatic carbocycles. The lowest BCUT2D eigenvalue weighted by molar-refractivity contribution is -0.140. The molecule has 2 nitrogen and oxygen atoms in total. The number of esters is 1. The van der Waals surface area contributed by atoms with Gasteiger partial charge in [-0.3, -0.25) is 4.79 Å². The van der Waals surface area contributed by atoms with Gasteiger partial charge in [0.25, 0.3) is 0 Å². The summed E-state index contributed by atoms with van der Waals surface area (Å²) in [7, 11) is 0. The van der Waals surface area contributed by atoms with Crippen LogP contribution in [0.15, 0.2) is 12.1 Å². The van der Waals surface area contributed by atoms with Crippen LogP contribution in [0.4, 0.5) is 8.78 Å². The summed E-state index contributed by atoms with van der Waals surface area (Å²) < 4.78 is 32.0. The molecule has 0 aliphatic heterocycles. The summed E-state index contributed by atoms with van der Waals surface area (Å²) in [6.07, 6.45) is 3.47. The molecule has 2 rings (SSSR count). The fraction of sp³-hybridized carbons (Fsp3) is 0.562. The van der Waals surface area contributed by atoms with Gasteiger partial charge in [-0.25, -0.2) is 4.39 Å². The SMILES string of the molecule is C.Cc1ccc(OC(=O)C2CCC(C)CC2)c(F)c1F.[HH]. The van der Waals surface area contributed by atoms with Gasteiger partial charge in [0, 0.05) is 1.43 Å². The number of carbonyl (C=O) groups is 1. The Morgan fingerprint density at radius 1 is 1.20 bits per heavy atom. The molecule has 1 saturated carbocycles. The first kappa shape index (κ1) is 16.6. The summed E-state index contributed by atoms with van der Waals surface area (Å²) in [4.78, 5) is 11.9.